The van der Waals surface area contributed by atoms with Gasteiger partial charge >= 0.3 is 0 Å². The molecule has 0 N–H and O–H groups in total. The average molecular weight is 436 g/mol. The number of nitrogens with zero attached hydrogens (tertiary/aromatic N) is 1. The number of aryl methyl sites for hydroxylation is 1. The van der Waals surface area contributed by atoms with E-state index in [4.69, 9.17) is 4.98 Å². The molecule has 0 aliphatic rings. The Kier molecular flexibility index (Phi) is 4.96. The van der Waals surface area contributed by atoms with Gasteiger partial charge in [-0.25, -0.2) is 4.98 Å². The summed E-state index contributed by atoms with van der Waals surface area (Å²) in [5.41, 5.74) is 10.8. The van der Waals surface area contributed by atoms with Crippen LogP contribution < -0.4 is 0 Å². The molecule has 6 rings (SSSR count). The summed E-state index contributed by atoms with van der Waals surface area (Å²) in [4.78, 5) is 5.11. The molecule has 6 aromatic rings. The fraction of sp³-hybridized carbons (Fsp3) is 0.0606. The van der Waals surface area contributed by atoms with E-state index in [0.717, 1.165) is 16.8 Å². The molecule has 0 amide bonds. The van der Waals surface area contributed by atoms with Crippen molar-refractivity contribution in [3.63, 3.8) is 0 Å². The van der Waals surface area contributed by atoms with Crippen LogP contribution in [-0.2, 0) is 0 Å². The average Bonchev–Trinajstić information content (AvgIpc) is 2.89. The first-order valence-corrected chi connectivity index (χ1v) is 11.7. The maximum absolute atomic E-state index is 5.11. The van der Waals surface area contributed by atoms with Crippen LogP contribution in [0.2, 0.25) is 0 Å². The number of fused-ring (bicyclic) bond motifs is 3. The SMILES string of the molecule is Cc1ccccc1-c1cccc(-c2cccc(-c3ccc4ccc5ccccc5c4n3)c2)c1C. The number of hydrogen-bond acceptors (Lipinski definition) is 1. The molecular weight excluding hydrogens is 410 g/mol. The van der Waals surface area contributed by atoms with Crippen molar-refractivity contribution >= 4 is 21.7 Å². The summed E-state index contributed by atoms with van der Waals surface area (Å²) >= 11 is 0. The van der Waals surface area contributed by atoms with Crippen molar-refractivity contribution in [3.05, 3.63) is 126 Å². The minimum absolute atomic E-state index is 0.999. The Morgan fingerprint density at radius 3 is 2.09 bits per heavy atom. The number of benzene rings is 5. The molecule has 34 heavy (non-hydrogen) atoms. The van der Waals surface area contributed by atoms with Crippen molar-refractivity contribution < 1.29 is 0 Å². The summed E-state index contributed by atoms with van der Waals surface area (Å²) in [5, 5.41) is 3.58. The lowest BCUT2D eigenvalue weighted by molar-refractivity contribution is 1.39. The van der Waals surface area contributed by atoms with Gasteiger partial charge in [0.25, 0.3) is 0 Å². The van der Waals surface area contributed by atoms with E-state index in [1.54, 1.807) is 0 Å². The standard InChI is InChI=1S/C33H25N/c1-22-9-3-5-13-28(22)30-16-8-15-29(23(30)2)26-11-7-12-27(21-26)32-20-19-25-18-17-24-10-4-6-14-31(24)33(25)34-32/h3-21H,1-2H3. The van der Waals surface area contributed by atoms with Crippen LogP contribution in [0.1, 0.15) is 11.1 Å². The molecule has 0 aliphatic carbocycles. The molecule has 0 saturated carbocycles. The lowest BCUT2D eigenvalue weighted by atomic mass is 9.90. The van der Waals surface area contributed by atoms with Gasteiger partial charge in [-0.1, -0.05) is 103 Å². The third-order valence-electron chi connectivity index (χ3n) is 6.82. The number of hydrogen-bond donors (Lipinski definition) is 0. The highest BCUT2D eigenvalue weighted by Crippen LogP contribution is 2.35. The fourth-order valence-electron chi connectivity index (χ4n) is 4.98. The Morgan fingerprint density at radius 2 is 1.18 bits per heavy atom. The zero-order valence-corrected chi connectivity index (χ0v) is 19.4. The van der Waals surface area contributed by atoms with Gasteiger partial charge in [0.1, 0.15) is 0 Å². The van der Waals surface area contributed by atoms with Crippen LogP contribution in [0.25, 0.3) is 55.2 Å². The molecule has 1 heteroatoms. The van der Waals surface area contributed by atoms with Crippen molar-refractivity contribution in [1.82, 2.24) is 4.98 Å². The van der Waals surface area contributed by atoms with E-state index in [1.807, 2.05) is 0 Å². The van der Waals surface area contributed by atoms with Gasteiger partial charge in [0, 0.05) is 16.3 Å². The molecule has 0 spiro atoms. The van der Waals surface area contributed by atoms with E-state index >= 15 is 0 Å². The number of pyridine rings is 1. The first-order chi connectivity index (χ1) is 16.7. The van der Waals surface area contributed by atoms with Crippen molar-refractivity contribution in [2.24, 2.45) is 0 Å². The number of aromatic nitrogens is 1. The summed E-state index contributed by atoms with van der Waals surface area (Å²) in [5.74, 6) is 0. The first-order valence-electron chi connectivity index (χ1n) is 11.7. The van der Waals surface area contributed by atoms with E-state index in [0.29, 0.717) is 0 Å². The van der Waals surface area contributed by atoms with Gasteiger partial charge in [-0.15, -0.1) is 0 Å². The highest BCUT2D eigenvalue weighted by molar-refractivity contribution is 6.05. The van der Waals surface area contributed by atoms with Crippen LogP contribution in [0.15, 0.2) is 115 Å². The molecule has 1 nitrogen and oxygen atoms in total. The van der Waals surface area contributed by atoms with Crippen molar-refractivity contribution in [2.45, 2.75) is 13.8 Å². The summed E-state index contributed by atoms with van der Waals surface area (Å²) in [7, 11) is 0. The second kappa shape index (κ2) is 8.28. The topological polar surface area (TPSA) is 12.9 Å². The van der Waals surface area contributed by atoms with Crippen LogP contribution in [0.5, 0.6) is 0 Å². The Balaban J connectivity index is 1.47. The Morgan fingerprint density at radius 1 is 0.500 bits per heavy atom. The van der Waals surface area contributed by atoms with Gasteiger partial charge in [-0.05, 0) is 64.7 Å². The van der Waals surface area contributed by atoms with Crippen LogP contribution >= 0.6 is 0 Å². The second-order valence-electron chi connectivity index (χ2n) is 8.93. The van der Waals surface area contributed by atoms with Gasteiger partial charge in [0.15, 0.2) is 0 Å². The monoisotopic (exact) mass is 435 g/mol. The van der Waals surface area contributed by atoms with E-state index < -0.39 is 0 Å². The minimum Gasteiger partial charge on any atom is -0.247 e. The fourth-order valence-corrected chi connectivity index (χ4v) is 4.98. The van der Waals surface area contributed by atoms with Crippen molar-refractivity contribution in [3.8, 4) is 33.5 Å². The Hall–Kier alpha value is -4.23. The molecule has 1 aromatic heterocycles. The molecule has 0 saturated heterocycles. The lowest BCUT2D eigenvalue weighted by Gasteiger charge is -2.14. The number of rotatable bonds is 3. The molecule has 0 aliphatic heterocycles. The first kappa shape index (κ1) is 20.4. The molecule has 5 aromatic carbocycles. The van der Waals surface area contributed by atoms with Crippen molar-refractivity contribution in [2.75, 3.05) is 0 Å². The summed E-state index contributed by atoms with van der Waals surface area (Å²) in [6.45, 7) is 4.40. The van der Waals surface area contributed by atoms with Crippen LogP contribution in [-0.4, -0.2) is 4.98 Å². The molecule has 162 valence electrons. The molecule has 0 bridgehead atoms. The van der Waals surface area contributed by atoms with E-state index in [2.05, 4.69) is 129 Å². The van der Waals surface area contributed by atoms with Gasteiger partial charge in [-0.3, -0.25) is 0 Å². The molecule has 0 radical (unpaired) electrons. The van der Waals surface area contributed by atoms with Gasteiger partial charge in [0.05, 0.1) is 11.2 Å². The smallest absolute Gasteiger partial charge is 0.0787 e. The highest BCUT2D eigenvalue weighted by Gasteiger charge is 2.11. The molecule has 0 atom stereocenters. The summed E-state index contributed by atoms with van der Waals surface area (Å²) in [6, 6.07) is 41.1. The molecule has 0 fully saturated rings. The van der Waals surface area contributed by atoms with E-state index in [1.165, 1.54) is 49.5 Å². The minimum atomic E-state index is 0.999. The maximum atomic E-state index is 5.11. The van der Waals surface area contributed by atoms with Crippen molar-refractivity contribution in [1.29, 1.82) is 0 Å². The van der Waals surface area contributed by atoms with E-state index in [-0.39, 0.29) is 0 Å². The largest absolute Gasteiger partial charge is 0.247 e. The Labute approximate surface area is 200 Å². The molecule has 0 unspecified atom stereocenters. The summed E-state index contributed by atoms with van der Waals surface area (Å²) < 4.78 is 0. The molecule has 1 heterocycles. The van der Waals surface area contributed by atoms with Gasteiger partial charge < -0.3 is 0 Å². The second-order valence-corrected chi connectivity index (χ2v) is 8.93. The zero-order valence-electron chi connectivity index (χ0n) is 19.4. The molecular formula is C33H25N. The third-order valence-corrected chi connectivity index (χ3v) is 6.82. The van der Waals surface area contributed by atoms with Crippen LogP contribution in [0.3, 0.4) is 0 Å². The predicted octanol–water partition coefficient (Wildman–Crippen LogP) is 9.01. The quantitative estimate of drug-likeness (QED) is 0.253. The van der Waals surface area contributed by atoms with Gasteiger partial charge in [-0.2, -0.15) is 0 Å². The third kappa shape index (κ3) is 3.47. The van der Waals surface area contributed by atoms with E-state index in [9.17, 15) is 0 Å². The van der Waals surface area contributed by atoms with Crippen LogP contribution in [0, 0.1) is 13.8 Å². The summed E-state index contributed by atoms with van der Waals surface area (Å²) in [6.07, 6.45) is 0. The normalized spacial score (nSPS) is 11.2. The zero-order chi connectivity index (χ0) is 23.1. The lowest BCUT2D eigenvalue weighted by Crippen LogP contribution is -1.91. The predicted molar refractivity (Wildman–Crippen MR) is 145 cm³/mol. The van der Waals surface area contributed by atoms with Gasteiger partial charge in [0.2, 0.25) is 0 Å². The maximum Gasteiger partial charge on any atom is 0.0787 e. The Bertz CT molecular complexity index is 1680. The highest BCUT2D eigenvalue weighted by atomic mass is 14.7. The van der Waals surface area contributed by atoms with Crippen LogP contribution in [0.4, 0.5) is 0 Å².